The van der Waals surface area contributed by atoms with Crippen LogP contribution < -0.4 is 16.0 Å². The molecule has 1 aliphatic heterocycles. The summed E-state index contributed by atoms with van der Waals surface area (Å²) >= 11 is 3.64. The Hall–Kier alpha value is -1.36. The molecule has 0 radical (unpaired) electrons. The lowest BCUT2D eigenvalue weighted by Gasteiger charge is -2.20. The number of amides is 3. The summed E-state index contributed by atoms with van der Waals surface area (Å²) in [6.07, 6.45) is 2.28. The Bertz CT molecular complexity index is 692. The van der Waals surface area contributed by atoms with Gasteiger partial charge in [-0.1, -0.05) is 34.1 Å². The van der Waals surface area contributed by atoms with Crippen LogP contribution in [0, 0.1) is 0 Å². The molecule has 0 aromatic heterocycles. The molecule has 3 amide bonds. The van der Waals surface area contributed by atoms with Gasteiger partial charge in [-0.3, -0.25) is 14.7 Å². The van der Waals surface area contributed by atoms with Gasteiger partial charge >= 0.3 is 6.03 Å². The van der Waals surface area contributed by atoms with Gasteiger partial charge in [0.15, 0.2) is 5.96 Å². The Morgan fingerprint density at radius 1 is 1.31 bits per heavy atom. The van der Waals surface area contributed by atoms with Crippen molar-refractivity contribution < 1.29 is 9.59 Å². The lowest BCUT2D eigenvalue weighted by atomic mass is 9.96. The SMILES string of the molecule is CN=C(NCCN1C(=O)CNC1=O)NCC1(c2ccccc2Br)CC1.I. The maximum Gasteiger partial charge on any atom is 0.324 e. The second-order valence-corrected chi connectivity index (χ2v) is 7.17. The quantitative estimate of drug-likeness (QED) is 0.224. The molecule has 3 rings (SSSR count). The molecule has 2 aliphatic rings. The predicted octanol–water partition coefficient (Wildman–Crippen LogP) is 1.82. The minimum atomic E-state index is -0.333. The number of benzene rings is 1. The first-order valence-corrected chi connectivity index (χ1v) is 9.13. The maximum absolute atomic E-state index is 11.5. The first kappa shape index (κ1) is 20.9. The summed E-state index contributed by atoms with van der Waals surface area (Å²) in [5.41, 5.74) is 1.46. The zero-order chi connectivity index (χ0) is 17.9. The molecule has 1 aromatic carbocycles. The summed E-state index contributed by atoms with van der Waals surface area (Å²) in [5.74, 6) is 0.478. The summed E-state index contributed by atoms with van der Waals surface area (Å²) in [6, 6.07) is 7.98. The largest absolute Gasteiger partial charge is 0.356 e. The van der Waals surface area contributed by atoms with E-state index in [2.05, 4.69) is 55.1 Å². The Labute approximate surface area is 178 Å². The molecule has 26 heavy (non-hydrogen) atoms. The van der Waals surface area contributed by atoms with Crippen LogP contribution >= 0.6 is 39.9 Å². The van der Waals surface area contributed by atoms with Gasteiger partial charge in [0.2, 0.25) is 5.91 Å². The number of nitrogens with one attached hydrogen (secondary N) is 3. The highest BCUT2D eigenvalue weighted by Gasteiger charge is 2.45. The number of hydrogen-bond acceptors (Lipinski definition) is 3. The number of aliphatic imine (C=N–C) groups is 1. The van der Waals surface area contributed by atoms with E-state index in [1.54, 1.807) is 7.05 Å². The third kappa shape index (κ3) is 4.67. The van der Waals surface area contributed by atoms with E-state index in [-0.39, 0.29) is 47.9 Å². The number of carbonyl (C=O) groups excluding carboxylic acids is 2. The third-order valence-corrected chi connectivity index (χ3v) is 5.37. The van der Waals surface area contributed by atoms with E-state index in [1.165, 1.54) is 10.5 Å². The Morgan fingerprint density at radius 3 is 2.62 bits per heavy atom. The van der Waals surface area contributed by atoms with Crippen LogP contribution in [-0.4, -0.2) is 56.0 Å². The van der Waals surface area contributed by atoms with Crippen molar-refractivity contribution in [3.63, 3.8) is 0 Å². The van der Waals surface area contributed by atoms with E-state index in [9.17, 15) is 9.59 Å². The highest BCUT2D eigenvalue weighted by Crippen LogP contribution is 2.49. The van der Waals surface area contributed by atoms with E-state index in [0.29, 0.717) is 19.0 Å². The molecule has 142 valence electrons. The van der Waals surface area contributed by atoms with E-state index in [4.69, 9.17) is 0 Å². The lowest BCUT2D eigenvalue weighted by molar-refractivity contribution is -0.124. The highest BCUT2D eigenvalue weighted by molar-refractivity contribution is 14.0. The topological polar surface area (TPSA) is 85.8 Å². The minimum Gasteiger partial charge on any atom is -0.356 e. The number of nitrogens with zero attached hydrogens (tertiary/aromatic N) is 2. The van der Waals surface area contributed by atoms with E-state index in [0.717, 1.165) is 23.9 Å². The number of carbonyl (C=O) groups is 2. The standard InChI is InChI=1S/C17H22BrN5O2.HI/c1-19-15(20-8-9-23-14(24)10-21-16(23)25)22-11-17(6-7-17)12-4-2-3-5-13(12)18;/h2-5H,6-11H2,1H3,(H,21,25)(H2,19,20,22);1H. The van der Waals surface area contributed by atoms with Gasteiger partial charge < -0.3 is 16.0 Å². The van der Waals surface area contributed by atoms with Crippen molar-refractivity contribution in [1.82, 2.24) is 20.9 Å². The first-order chi connectivity index (χ1) is 12.1. The Balaban J connectivity index is 0.00000243. The Morgan fingerprint density at radius 2 is 2.04 bits per heavy atom. The Kier molecular flexibility index (Phi) is 7.27. The lowest BCUT2D eigenvalue weighted by Crippen LogP contribution is -2.45. The van der Waals surface area contributed by atoms with Gasteiger partial charge in [-0.25, -0.2) is 4.79 Å². The molecule has 2 fully saturated rings. The van der Waals surface area contributed by atoms with Crippen LogP contribution in [0.3, 0.4) is 0 Å². The normalized spacial score (nSPS) is 18.2. The van der Waals surface area contributed by atoms with E-state index < -0.39 is 0 Å². The van der Waals surface area contributed by atoms with Crippen molar-refractivity contribution in [2.45, 2.75) is 18.3 Å². The number of guanidine groups is 1. The van der Waals surface area contributed by atoms with Crippen molar-refractivity contribution in [2.24, 2.45) is 4.99 Å². The van der Waals surface area contributed by atoms with Crippen LogP contribution in [0.15, 0.2) is 33.7 Å². The predicted molar refractivity (Wildman–Crippen MR) is 115 cm³/mol. The van der Waals surface area contributed by atoms with Crippen LogP contribution in [0.4, 0.5) is 4.79 Å². The average Bonchev–Trinajstić information content (AvgIpc) is 3.33. The number of imide groups is 1. The molecule has 0 atom stereocenters. The van der Waals surface area contributed by atoms with Crippen LogP contribution in [0.2, 0.25) is 0 Å². The molecule has 7 nitrogen and oxygen atoms in total. The molecule has 1 saturated carbocycles. The fourth-order valence-corrected chi connectivity index (χ4v) is 3.73. The number of urea groups is 1. The molecular formula is C17H23BrIN5O2. The molecule has 1 heterocycles. The summed E-state index contributed by atoms with van der Waals surface area (Å²) < 4.78 is 1.14. The molecule has 0 unspecified atom stereocenters. The van der Waals surface area contributed by atoms with Gasteiger partial charge in [0, 0.05) is 36.6 Å². The maximum atomic E-state index is 11.5. The van der Waals surface area contributed by atoms with Gasteiger partial charge in [-0.2, -0.15) is 0 Å². The first-order valence-electron chi connectivity index (χ1n) is 8.33. The van der Waals surface area contributed by atoms with Gasteiger partial charge in [-0.15, -0.1) is 24.0 Å². The van der Waals surface area contributed by atoms with Crippen molar-refractivity contribution in [1.29, 1.82) is 0 Å². The van der Waals surface area contributed by atoms with Crippen LogP contribution in [0.25, 0.3) is 0 Å². The van der Waals surface area contributed by atoms with Crippen LogP contribution in [0.5, 0.6) is 0 Å². The number of halogens is 2. The summed E-state index contributed by atoms with van der Waals surface area (Å²) in [5, 5.41) is 9.02. The fourth-order valence-electron chi connectivity index (χ4n) is 3.02. The zero-order valence-corrected chi connectivity index (χ0v) is 18.5. The fraction of sp³-hybridized carbons (Fsp3) is 0.471. The van der Waals surface area contributed by atoms with Crippen molar-refractivity contribution in [3.8, 4) is 0 Å². The number of hydrogen-bond donors (Lipinski definition) is 3. The monoisotopic (exact) mass is 535 g/mol. The molecule has 0 spiro atoms. The number of rotatable bonds is 6. The minimum absolute atomic E-state index is 0. The highest BCUT2D eigenvalue weighted by atomic mass is 127. The summed E-state index contributed by atoms with van der Waals surface area (Å²) in [4.78, 5) is 28.5. The smallest absolute Gasteiger partial charge is 0.324 e. The molecule has 1 aromatic rings. The van der Waals surface area contributed by atoms with Crippen molar-refractivity contribution >= 4 is 57.8 Å². The van der Waals surface area contributed by atoms with Crippen molar-refractivity contribution in [2.75, 3.05) is 33.2 Å². The van der Waals surface area contributed by atoms with Crippen LogP contribution in [-0.2, 0) is 10.2 Å². The van der Waals surface area contributed by atoms with Crippen LogP contribution in [0.1, 0.15) is 18.4 Å². The van der Waals surface area contributed by atoms with Gasteiger partial charge in [0.1, 0.15) is 0 Å². The second kappa shape index (κ2) is 9.03. The molecular weight excluding hydrogens is 513 g/mol. The van der Waals surface area contributed by atoms with Gasteiger partial charge in [0.05, 0.1) is 6.54 Å². The molecule has 9 heteroatoms. The van der Waals surface area contributed by atoms with Gasteiger partial charge in [-0.05, 0) is 24.5 Å². The third-order valence-electron chi connectivity index (χ3n) is 4.68. The molecule has 1 aliphatic carbocycles. The molecule has 0 bridgehead atoms. The molecule has 3 N–H and O–H groups in total. The summed E-state index contributed by atoms with van der Waals surface area (Å²) in [7, 11) is 1.71. The second-order valence-electron chi connectivity index (χ2n) is 6.32. The van der Waals surface area contributed by atoms with E-state index >= 15 is 0 Å². The average molecular weight is 536 g/mol. The summed E-state index contributed by atoms with van der Waals surface area (Å²) in [6.45, 7) is 1.65. The van der Waals surface area contributed by atoms with Crippen molar-refractivity contribution in [3.05, 3.63) is 34.3 Å². The van der Waals surface area contributed by atoms with E-state index in [1.807, 2.05) is 6.07 Å². The molecule has 1 saturated heterocycles. The van der Waals surface area contributed by atoms with Gasteiger partial charge in [0.25, 0.3) is 0 Å². The zero-order valence-electron chi connectivity index (χ0n) is 14.5.